The highest BCUT2D eigenvalue weighted by molar-refractivity contribution is 7.98. The van der Waals surface area contributed by atoms with Gasteiger partial charge in [0.05, 0.1) is 5.52 Å². The van der Waals surface area contributed by atoms with E-state index < -0.39 is 0 Å². The summed E-state index contributed by atoms with van der Waals surface area (Å²) in [5.74, 6) is 0. The summed E-state index contributed by atoms with van der Waals surface area (Å²) in [4.78, 5) is 5.80. The van der Waals surface area contributed by atoms with E-state index in [1.807, 2.05) is 6.20 Å². The van der Waals surface area contributed by atoms with Gasteiger partial charge < -0.3 is 0 Å². The Balaban J connectivity index is 2.57. The first-order valence-electron chi connectivity index (χ1n) is 5.20. The van der Waals surface area contributed by atoms with Gasteiger partial charge in [-0.05, 0) is 23.8 Å². The minimum absolute atomic E-state index is 1.07. The van der Waals surface area contributed by atoms with Gasteiger partial charge in [0.1, 0.15) is 0 Å². The van der Waals surface area contributed by atoms with Crippen LogP contribution in [-0.2, 0) is 0 Å². The molecule has 0 saturated carbocycles. The average Bonchev–Trinajstić information content (AvgIpc) is 2.37. The summed E-state index contributed by atoms with van der Waals surface area (Å²) in [6, 6.07) is 14.7. The lowest BCUT2D eigenvalue weighted by Gasteiger charge is -2.06. The first-order chi connectivity index (χ1) is 7.90. The SMILES string of the molecule is CSc1cccc2ncc3ccccc3c12. The standard InChI is InChI=1S/C14H11NS/c1-16-13-8-4-7-12-14(13)11-6-3-2-5-10(11)9-15-12/h2-9H,1H3. The number of pyridine rings is 1. The van der Waals surface area contributed by atoms with Crippen molar-refractivity contribution in [3.63, 3.8) is 0 Å². The molecule has 0 unspecified atom stereocenters. The largest absolute Gasteiger partial charge is 0.256 e. The topological polar surface area (TPSA) is 12.9 Å². The molecule has 3 rings (SSSR count). The van der Waals surface area contributed by atoms with Crippen molar-refractivity contribution in [3.05, 3.63) is 48.7 Å². The third-order valence-electron chi connectivity index (χ3n) is 2.80. The molecule has 0 aliphatic heterocycles. The van der Waals surface area contributed by atoms with Crippen LogP contribution in [-0.4, -0.2) is 11.2 Å². The van der Waals surface area contributed by atoms with Gasteiger partial charge in [0, 0.05) is 21.9 Å². The number of nitrogens with zero attached hydrogens (tertiary/aromatic N) is 1. The minimum atomic E-state index is 1.07. The van der Waals surface area contributed by atoms with Gasteiger partial charge in [0.2, 0.25) is 0 Å². The van der Waals surface area contributed by atoms with Gasteiger partial charge in [0.25, 0.3) is 0 Å². The van der Waals surface area contributed by atoms with Gasteiger partial charge in [-0.3, -0.25) is 4.98 Å². The monoisotopic (exact) mass is 225 g/mol. The lowest BCUT2D eigenvalue weighted by molar-refractivity contribution is 1.42. The lowest BCUT2D eigenvalue weighted by atomic mass is 10.1. The third-order valence-corrected chi connectivity index (χ3v) is 3.58. The molecule has 0 amide bonds. The van der Waals surface area contributed by atoms with Crippen LogP contribution < -0.4 is 0 Å². The van der Waals surface area contributed by atoms with Crippen LogP contribution in [0.15, 0.2) is 53.6 Å². The number of fused-ring (bicyclic) bond motifs is 3. The van der Waals surface area contributed by atoms with Gasteiger partial charge in [-0.25, -0.2) is 0 Å². The predicted molar refractivity (Wildman–Crippen MR) is 71.0 cm³/mol. The minimum Gasteiger partial charge on any atom is -0.256 e. The molecule has 0 bridgehead atoms. The second-order valence-corrected chi connectivity index (χ2v) is 4.55. The molecule has 0 aliphatic rings. The van der Waals surface area contributed by atoms with Gasteiger partial charge in [0.15, 0.2) is 0 Å². The van der Waals surface area contributed by atoms with E-state index in [1.54, 1.807) is 11.8 Å². The molecule has 16 heavy (non-hydrogen) atoms. The van der Waals surface area contributed by atoms with Crippen LogP contribution in [0.5, 0.6) is 0 Å². The van der Waals surface area contributed by atoms with Crippen LogP contribution in [0, 0.1) is 0 Å². The maximum Gasteiger partial charge on any atom is 0.0719 e. The first kappa shape index (κ1) is 9.67. The molecule has 0 N–H and O–H groups in total. The molecule has 0 saturated heterocycles. The summed E-state index contributed by atoms with van der Waals surface area (Å²) in [6.45, 7) is 0. The normalized spacial score (nSPS) is 11.1. The second kappa shape index (κ2) is 3.80. The number of hydrogen-bond acceptors (Lipinski definition) is 2. The fourth-order valence-electron chi connectivity index (χ4n) is 2.04. The van der Waals surface area contributed by atoms with Crippen LogP contribution in [0.4, 0.5) is 0 Å². The maximum absolute atomic E-state index is 4.50. The summed E-state index contributed by atoms with van der Waals surface area (Å²) in [5, 5.41) is 3.77. The lowest BCUT2D eigenvalue weighted by Crippen LogP contribution is -1.83. The molecule has 1 heterocycles. The Morgan fingerprint density at radius 3 is 2.75 bits per heavy atom. The van der Waals surface area contributed by atoms with E-state index in [0.29, 0.717) is 0 Å². The van der Waals surface area contributed by atoms with Gasteiger partial charge in [-0.15, -0.1) is 11.8 Å². The Bertz CT molecular complexity index is 661. The van der Waals surface area contributed by atoms with E-state index in [1.165, 1.54) is 21.1 Å². The van der Waals surface area contributed by atoms with E-state index in [-0.39, 0.29) is 0 Å². The van der Waals surface area contributed by atoms with Crippen LogP contribution >= 0.6 is 11.8 Å². The van der Waals surface area contributed by atoms with E-state index in [4.69, 9.17) is 0 Å². The zero-order valence-corrected chi connectivity index (χ0v) is 9.79. The molecule has 0 fully saturated rings. The van der Waals surface area contributed by atoms with Crippen molar-refractivity contribution < 1.29 is 0 Å². The highest BCUT2D eigenvalue weighted by Gasteiger charge is 2.04. The highest BCUT2D eigenvalue weighted by atomic mass is 32.2. The molecule has 0 spiro atoms. The van der Waals surface area contributed by atoms with Crippen molar-refractivity contribution in [1.82, 2.24) is 4.98 Å². The molecular weight excluding hydrogens is 214 g/mol. The van der Waals surface area contributed by atoms with Crippen LogP contribution in [0.2, 0.25) is 0 Å². The van der Waals surface area contributed by atoms with E-state index in [2.05, 4.69) is 53.7 Å². The Morgan fingerprint density at radius 2 is 1.88 bits per heavy atom. The second-order valence-electron chi connectivity index (χ2n) is 3.70. The Hall–Kier alpha value is -1.54. The first-order valence-corrected chi connectivity index (χ1v) is 6.43. The molecule has 0 aliphatic carbocycles. The van der Waals surface area contributed by atoms with Crippen molar-refractivity contribution in [2.75, 3.05) is 6.26 Å². The van der Waals surface area contributed by atoms with Crippen molar-refractivity contribution in [3.8, 4) is 0 Å². The molecule has 0 radical (unpaired) electrons. The van der Waals surface area contributed by atoms with Crippen molar-refractivity contribution in [2.24, 2.45) is 0 Å². The Labute approximate surface area is 98.5 Å². The van der Waals surface area contributed by atoms with E-state index >= 15 is 0 Å². The molecule has 78 valence electrons. The summed E-state index contributed by atoms with van der Waals surface area (Å²) < 4.78 is 0. The molecule has 2 aromatic carbocycles. The summed E-state index contributed by atoms with van der Waals surface area (Å²) in [5.41, 5.74) is 1.07. The number of aromatic nitrogens is 1. The van der Waals surface area contributed by atoms with Gasteiger partial charge in [-0.2, -0.15) is 0 Å². The number of hydrogen-bond donors (Lipinski definition) is 0. The number of benzene rings is 2. The summed E-state index contributed by atoms with van der Waals surface area (Å²) in [7, 11) is 0. The summed E-state index contributed by atoms with van der Waals surface area (Å²) >= 11 is 1.77. The van der Waals surface area contributed by atoms with E-state index in [0.717, 1.165) is 5.52 Å². The van der Waals surface area contributed by atoms with E-state index in [9.17, 15) is 0 Å². The Morgan fingerprint density at radius 1 is 1.00 bits per heavy atom. The average molecular weight is 225 g/mol. The van der Waals surface area contributed by atoms with Crippen LogP contribution in [0.25, 0.3) is 21.7 Å². The quantitative estimate of drug-likeness (QED) is 0.456. The maximum atomic E-state index is 4.50. The fraction of sp³-hybridized carbons (Fsp3) is 0.0714. The highest BCUT2D eigenvalue weighted by Crippen LogP contribution is 2.31. The molecule has 1 aromatic heterocycles. The zero-order chi connectivity index (χ0) is 11.0. The molecule has 1 nitrogen and oxygen atoms in total. The summed E-state index contributed by atoms with van der Waals surface area (Å²) in [6.07, 6.45) is 4.05. The molecule has 3 aromatic rings. The number of rotatable bonds is 1. The third kappa shape index (κ3) is 1.38. The smallest absolute Gasteiger partial charge is 0.0719 e. The number of thioether (sulfide) groups is 1. The fourth-order valence-corrected chi connectivity index (χ4v) is 2.68. The van der Waals surface area contributed by atoms with Gasteiger partial charge >= 0.3 is 0 Å². The van der Waals surface area contributed by atoms with Crippen LogP contribution in [0.1, 0.15) is 0 Å². The van der Waals surface area contributed by atoms with Crippen molar-refractivity contribution >= 4 is 33.4 Å². The van der Waals surface area contributed by atoms with Gasteiger partial charge in [-0.1, -0.05) is 30.3 Å². The molecule has 0 atom stereocenters. The molecular formula is C14H11NS. The van der Waals surface area contributed by atoms with Crippen molar-refractivity contribution in [2.45, 2.75) is 4.90 Å². The van der Waals surface area contributed by atoms with Crippen LogP contribution in [0.3, 0.4) is 0 Å². The Kier molecular flexibility index (Phi) is 2.29. The predicted octanol–water partition coefficient (Wildman–Crippen LogP) is 4.11. The zero-order valence-electron chi connectivity index (χ0n) is 8.97. The van der Waals surface area contributed by atoms with Crippen molar-refractivity contribution in [1.29, 1.82) is 0 Å². The molecule has 2 heteroatoms.